The van der Waals surface area contributed by atoms with Crippen LogP contribution in [0.15, 0.2) is 0 Å². The van der Waals surface area contributed by atoms with Crippen LogP contribution in [-0.2, 0) is 4.43 Å². The largest absolute Gasteiger partial charge is 0.415 e. The molecule has 1 fully saturated rings. The maximum atomic E-state index is 9.07. The highest BCUT2D eigenvalue weighted by molar-refractivity contribution is 7.38. The zero-order valence-corrected chi connectivity index (χ0v) is 14.5. The fraction of sp³-hybridized carbons (Fsp3) is 1.00. The van der Waals surface area contributed by atoms with Crippen molar-refractivity contribution in [3.63, 3.8) is 0 Å². The van der Waals surface area contributed by atoms with Crippen LogP contribution in [-0.4, -0.2) is 44.5 Å². The molecule has 108 valence electrons. The topological polar surface area (TPSA) is 49.7 Å². The Morgan fingerprint density at radius 2 is 1.72 bits per heavy atom. The van der Waals surface area contributed by atoms with Gasteiger partial charge in [-0.05, 0) is 45.7 Å². The van der Waals surface area contributed by atoms with Crippen LogP contribution in [0.4, 0.5) is 0 Å². The zero-order chi connectivity index (χ0) is 13.9. The van der Waals surface area contributed by atoms with Gasteiger partial charge in [-0.15, -0.1) is 0 Å². The van der Waals surface area contributed by atoms with Crippen molar-refractivity contribution < 1.29 is 14.6 Å². The predicted molar refractivity (Wildman–Crippen MR) is 80.8 cm³/mol. The van der Waals surface area contributed by atoms with Crippen molar-refractivity contribution >= 4 is 15.4 Å². The summed E-state index contributed by atoms with van der Waals surface area (Å²) < 4.78 is 6.58. The SMILES string of the molecule is CC1(CCCO)CC[Si](C)(CCCO)[Si](C)(C)O1. The zero-order valence-electron chi connectivity index (χ0n) is 12.5. The summed E-state index contributed by atoms with van der Waals surface area (Å²) >= 11 is 0. The van der Waals surface area contributed by atoms with E-state index in [9.17, 15) is 0 Å². The van der Waals surface area contributed by atoms with Gasteiger partial charge in [0, 0.05) is 13.2 Å². The van der Waals surface area contributed by atoms with E-state index in [0.717, 1.165) is 25.7 Å². The minimum atomic E-state index is -1.62. The lowest BCUT2D eigenvalue weighted by molar-refractivity contribution is 0.0554. The van der Waals surface area contributed by atoms with Crippen molar-refractivity contribution in [1.82, 2.24) is 0 Å². The van der Waals surface area contributed by atoms with E-state index in [2.05, 4.69) is 26.6 Å². The van der Waals surface area contributed by atoms with Gasteiger partial charge in [0.2, 0.25) is 0 Å². The van der Waals surface area contributed by atoms with Crippen LogP contribution in [0.25, 0.3) is 0 Å². The first-order chi connectivity index (χ1) is 8.29. The van der Waals surface area contributed by atoms with Crippen LogP contribution in [0.5, 0.6) is 0 Å². The van der Waals surface area contributed by atoms with E-state index in [0.29, 0.717) is 6.61 Å². The second-order valence-corrected chi connectivity index (χ2v) is 21.4. The Hall–Kier alpha value is 0.314. The normalized spacial score (nSPS) is 35.7. The van der Waals surface area contributed by atoms with E-state index in [1.807, 2.05) is 0 Å². The van der Waals surface area contributed by atoms with Crippen LogP contribution >= 0.6 is 0 Å². The molecule has 0 saturated carbocycles. The minimum Gasteiger partial charge on any atom is -0.415 e. The highest BCUT2D eigenvalue weighted by atomic mass is 29.3. The third-order valence-corrected chi connectivity index (χ3v) is 22.2. The molecule has 3 nitrogen and oxygen atoms in total. The van der Waals surface area contributed by atoms with Gasteiger partial charge < -0.3 is 14.6 Å². The van der Waals surface area contributed by atoms with Gasteiger partial charge in [0.15, 0.2) is 7.83 Å². The van der Waals surface area contributed by atoms with E-state index in [1.54, 1.807) is 0 Å². The van der Waals surface area contributed by atoms with Gasteiger partial charge in [-0.2, -0.15) is 0 Å². The molecule has 2 unspecified atom stereocenters. The highest BCUT2D eigenvalue weighted by Gasteiger charge is 2.53. The van der Waals surface area contributed by atoms with Gasteiger partial charge in [0.05, 0.1) is 13.2 Å². The Labute approximate surface area is 113 Å². The number of aliphatic hydroxyl groups excluding tert-OH is 2. The molecule has 0 aliphatic carbocycles. The Balaban J connectivity index is 2.70. The number of hydrogen-bond acceptors (Lipinski definition) is 3. The van der Waals surface area contributed by atoms with Crippen LogP contribution < -0.4 is 0 Å². The lowest BCUT2D eigenvalue weighted by Crippen LogP contribution is -2.66. The molecule has 0 aromatic carbocycles. The molecule has 2 atom stereocenters. The third-order valence-electron chi connectivity index (χ3n) is 4.91. The van der Waals surface area contributed by atoms with E-state index in [1.165, 1.54) is 12.1 Å². The van der Waals surface area contributed by atoms with E-state index < -0.39 is 15.4 Å². The second-order valence-electron chi connectivity index (χ2n) is 6.78. The highest BCUT2D eigenvalue weighted by Crippen LogP contribution is 2.43. The fourth-order valence-corrected chi connectivity index (χ4v) is 14.3. The quantitative estimate of drug-likeness (QED) is 0.740. The summed E-state index contributed by atoms with van der Waals surface area (Å²) in [4.78, 5) is 0. The first kappa shape index (κ1) is 16.4. The lowest BCUT2D eigenvalue weighted by atomic mass is 9.97. The van der Waals surface area contributed by atoms with Crippen LogP contribution in [0, 0.1) is 0 Å². The Morgan fingerprint density at radius 1 is 1.11 bits per heavy atom. The molecule has 1 heterocycles. The standard InChI is InChI=1S/C13H30O3Si2/c1-13(7-5-9-14)8-12-18(4,11-6-10-15)17(2,3)16-13/h14-15H,5-12H2,1-4H3. The summed E-state index contributed by atoms with van der Waals surface area (Å²) in [5.41, 5.74) is -0.00975. The number of hydrogen-bond donors (Lipinski definition) is 2. The minimum absolute atomic E-state index is 0.00975. The smallest absolute Gasteiger partial charge is 0.174 e. The Kier molecular flexibility index (Phi) is 5.62. The molecule has 0 aromatic rings. The number of rotatable bonds is 6. The predicted octanol–water partition coefficient (Wildman–Crippen LogP) is 2.68. The average molecular weight is 291 g/mol. The lowest BCUT2D eigenvalue weighted by Gasteiger charge is -2.52. The molecule has 1 rings (SSSR count). The fourth-order valence-electron chi connectivity index (χ4n) is 3.16. The Morgan fingerprint density at radius 3 is 2.22 bits per heavy atom. The molecule has 0 aromatic heterocycles. The molecule has 0 spiro atoms. The molecule has 0 amide bonds. The molecule has 1 saturated heterocycles. The van der Waals surface area contributed by atoms with Gasteiger partial charge in [-0.25, -0.2) is 0 Å². The van der Waals surface area contributed by atoms with E-state index >= 15 is 0 Å². The summed E-state index contributed by atoms with van der Waals surface area (Å²) in [6, 6.07) is 2.53. The van der Waals surface area contributed by atoms with Gasteiger partial charge in [0.25, 0.3) is 0 Å². The first-order valence-electron chi connectivity index (χ1n) is 7.20. The monoisotopic (exact) mass is 290 g/mol. The van der Waals surface area contributed by atoms with Gasteiger partial charge >= 0.3 is 0 Å². The van der Waals surface area contributed by atoms with Crippen molar-refractivity contribution in [2.45, 2.75) is 69.9 Å². The first-order valence-corrected chi connectivity index (χ1v) is 14.0. The van der Waals surface area contributed by atoms with Crippen LogP contribution in [0.2, 0.25) is 31.7 Å². The molecule has 0 bridgehead atoms. The van der Waals surface area contributed by atoms with Gasteiger partial charge in [-0.3, -0.25) is 0 Å². The van der Waals surface area contributed by atoms with Crippen molar-refractivity contribution in [1.29, 1.82) is 0 Å². The summed E-state index contributed by atoms with van der Waals surface area (Å²) in [6.45, 7) is 10.0. The van der Waals surface area contributed by atoms with Crippen LogP contribution in [0.1, 0.15) is 32.6 Å². The summed E-state index contributed by atoms with van der Waals surface area (Å²) in [5.74, 6) is 0. The van der Waals surface area contributed by atoms with Crippen LogP contribution in [0.3, 0.4) is 0 Å². The van der Waals surface area contributed by atoms with Crippen molar-refractivity contribution in [2.24, 2.45) is 0 Å². The number of aliphatic hydroxyl groups is 2. The van der Waals surface area contributed by atoms with E-state index in [-0.39, 0.29) is 12.2 Å². The van der Waals surface area contributed by atoms with Crippen molar-refractivity contribution in [2.75, 3.05) is 13.2 Å². The summed E-state index contributed by atoms with van der Waals surface area (Å²) in [6.07, 6.45) is 3.90. The Bertz CT molecular complexity index is 273. The molecule has 2 N–H and O–H groups in total. The average Bonchev–Trinajstić information content (AvgIpc) is 2.29. The van der Waals surface area contributed by atoms with Gasteiger partial charge in [0.1, 0.15) is 0 Å². The second kappa shape index (κ2) is 6.18. The maximum Gasteiger partial charge on any atom is 0.174 e. The molecular formula is C13H30O3Si2. The van der Waals surface area contributed by atoms with Crippen molar-refractivity contribution in [3.05, 3.63) is 0 Å². The molecule has 1 aliphatic rings. The summed E-state index contributed by atoms with van der Waals surface area (Å²) in [5, 5.41) is 18.1. The summed E-state index contributed by atoms with van der Waals surface area (Å²) in [7, 11) is -2.94. The molecule has 18 heavy (non-hydrogen) atoms. The van der Waals surface area contributed by atoms with Crippen molar-refractivity contribution in [3.8, 4) is 0 Å². The molecular weight excluding hydrogens is 260 g/mol. The third kappa shape index (κ3) is 3.66. The molecule has 5 heteroatoms. The molecule has 1 aliphatic heterocycles. The van der Waals surface area contributed by atoms with Gasteiger partial charge in [-0.1, -0.05) is 18.6 Å². The van der Waals surface area contributed by atoms with E-state index in [4.69, 9.17) is 14.6 Å². The maximum absolute atomic E-state index is 9.07. The molecule has 0 radical (unpaired) electrons.